The number of halogens is 1. The molecule has 110 valence electrons. The van der Waals surface area contributed by atoms with Crippen molar-refractivity contribution in [2.24, 2.45) is 0 Å². The average Bonchev–Trinajstić information content (AvgIpc) is 3.30. The molecule has 2 atom stereocenters. The van der Waals surface area contributed by atoms with E-state index < -0.39 is 0 Å². The van der Waals surface area contributed by atoms with E-state index in [0.717, 1.165) is 18.7 Å². The molecule has 2 unspecified atom stereocenters. The Bertz CT molecular complexity index is 438. The first-order chi connectivity index (χ1) is 9.75. The highest BCUT2D eigenvalue weighted by Gasteiger charge is 2.35. The molecule has 2 aliphatic rings. The smallest absolute Gasteiger partial charge is 0.127 e. The fourth-order valence-electron chi connectivity index (χ4n) is 3.36. The number of nitrogens with one attached hydrogen (secondary N) is 1. The van der Waals surface area contributed by atoms with Crippen LogP contribution in [0, 0.1) is 5.82 Å². The number of nitrogens with zero attached hydrogens (tertiary/aromatic N) is 1. The summed E-state index contributed by atoms with van der Waals surface area (Å²) in [6.07, 6.45) is 6.41. The Hall–Kier alpha value is -0.930. The second kappa shape index (κ2) is 6.23. The number of piperidine rings is 1. The zero-order valence-corrected chi connectivity index (χ0v) is 12.3. The first-order valence-electron chi connectivity index (χ1n) is 7.99. The molecule has 0 spiro atoms. The standard InChI is InChI=1S/C17H25FN2/c1-13(16-7-2-3-8-17(16)18)20(15-9-10-15)12-14-6-4-5-11-19-14/h2-3,7-8,13-15,19H,4-6,9-12H2,1H3. The van der Waals surface area contributed by atoms with Crippen LogP contribution in [0.2, 0.25) is 0 Å². The van der Waals surface area contributed by atoms with Crippen molar-refractivity contribution in [2.45, 2.75) is 57.2 Å². The fraction of sp³-hybridized carbons (Fsp3) is 0.647. The van der Waals surface area contributed by atoms with Crippen molar-refractivity contribution in [1.29, 1.82) is 0 Å². The van der Waals surface area contributed by atoms with Gasteiger partial charge in [0.05, 0.1) is 0 Å². The minimum Gasteiger partial charge on any atom is -0.313 e. The number of hydrogen-bond acceptors (Lipinski definition) is 2. The lowest BCUT2D eigenvalue weighted by Gasteiger charge is -2.35. The van der Waals surface area contributed by atoms with Gasteiger partial charge in [0.1, 0.15) is 5.82 Å². The molecule has 1 heterocycles. The summed E-state index contributed by atoms with van der Waals surface area (Å²) in [5.74, 6) is -0.0674. The lowest BCUT2D eigenvalue weighted by atomic mass is 10.0. The lowest BCUT2D eigenvalue weighted by molar-refractivity contribution is 0.164. The predicted molar refractivity (Wildman–Crippen MR) is 80.2 cm³/mol. The Morgan fingerprint density at radius 2 is 2.05 bits per heavy atom. The van der Waals surface area contributed by atoms with Crippen molar-refractivity contribution in [3.8, 4) is 0 Å². The Morgan fingerprint density at radius 3 is 2.70 bits per heavy atom. The van der Waals surface area contributed by atoms with Crippen LogP contribution in [0.25, 0.3) is 0 Å². The summed E-state index contributed by atoms with van der Waals surface area (Å²) in [7, 11) is 0. The molecule has 2 nitrogen and oxygen atoms in total. The van der Waals surface area contributed by atoms with Gasteiger partial charge in [-0.1, -0.05) is 24.6 Å². The Balaban J connectivity index is 1.71. The predicted octanol–water partition coefficient (Wildman–Crippen LogP) is 3.49. The molecule has 1 N–H and O–H groups in total. The van der Waals surface area contributed by atoms with Crippen molar-refractivity contribution >= 4 is 0 Å². The average molecular weight is 276 g/mol. The Kier molecular flexibility index (Phi) is 4.37. The molecule has 20 heavy (non-hydrogen) atoms. The second-order valence-corrected chi connectivity index (χ2v) is 6.27. The molecule has 0 radical (unpaired) electrons. The number of hydrogen-bond donors (Lipinski definition) is 1. The van der Waals surface area contributed by atoms with E-state index in [1.54, 1.807) is 12.1 Å². The summed E-state index contributed by atoms with van der Waals surface area (Å²) in [5, 5.41) is 3.62. The van der Waals surface area contributed by atoms with Gasteiger partial charge in [-0.2, -0.15) is 0 Å². The maximum Gasteiger partial charge on any atom is 0.127 e. The normalized spacial score (nSPS) is 24.9. The maximum absolute atomic E-state index is 14.0. The van der Waals surface area contributed by atoms with Crippen LogP contribution in [0.5, 0.6) is 0 Å². The van der Waals surface area contributed by atoms with Gasteiger partial charge in [-0.3, -0.25) is 4.90 Å². The van der Waals surface area contributed by atoms with Crippen molar-refractivity contribution in [3.63, 3.8) is 0 Å². The maximum atomic E-state index is 14.0. The Labute approximate surface area is 121 Å². The largest absolute Gasteiger partial charge is 0.313 e. The zero-order chi connectivity index (χ0) is 13.9. The zero-order valence-electron chi connectivity index (χ0n) is 12.3. The summed E-state index contributed by atoms with van der Waals surface area (Å²) in [6, 6.07) is 8.65. The third-order valence-corrected chi connectivity index (χ3v) is 4.71. The first kappa shape index (κ1) is 14.0. The molecule has 3 heteroatoms. The van der Waals surface area contributed by atoms with E-state index in [1.165, 1.54) is 32.1 Å². The SMILES string of the molecule is CC(c1ccccc1F)N(CC1CCCCN1)C1CC1. The van der Waals surface area contributed by atoms with Crippen LogP contribution >= 0.6 is 0 Å². The highest BCUT2D eigenvalue weighted by Crippen LogP contribution is 2.35. The van der Waals surface area contributed by atoms with Crippen LogP contribution < -0.4 is 5.32 Å². The molecule has 3 rings (SSSR count). The van der Waals surface area contributed by atoms with E-state index in [0.29, 0.717) is 12.1 Å². The van der Waals surface area contributed by atoms with Gasteiger partial charge in [-0.25, -0.2) is 4.39 Å². The molecule has 1 saturated heterocycles. The van der Waals surface area contributed by atoms with Crippen LogP contribution in [0.4, 0.5) is 4.39 Å². The van der Waals surface area contributed by atoms with Gasteiger partial charge in [0.15, 0.2) is 0 Å². The minimum absolute atomic E-state index is 0.0674. The van der Waals surface area contributed by atoms with Gasteiger partial charge < -0.3 is 5.32 Å². The van der Waals surface area contributed by atoms with Gasteiger partial charge in [0, 0.05) is 30.2 Å². The summed E-state index contributed by atoms with van der Waals surface area (Å²) in [6.45, 7) is 4.34. The van der Waals surface area contributed by atoms with E-state index in [-0.39, 0.29) is 11.9 Å². The lowest BCUT2D eigenvalue weighted by Crippen LogP contribution is -2.45. The third-order valence-electron chi connectivity index (χ3n) is 4.71. The molecule has 1 aromatic rings. The molecule has 1 aliphatic carbocycles. The molecule has 0 amide bonds. The molecule has 0 bridgehead atoms. The third kappa shape index (κ3) is 3.21. The summed E-state index contributed by atoms with van der Waals surface area (Å²) in [4.78, 5) is 2.52. The molecule has 1 aliphatic heterocycles. The highest BCUT2D eigenvalue weighted by atomic mass is 19.1. The van der Waals surface area contributed by atoms with Gasteiger partial charge in [0.2, 0.25) is 0 Å². The van der Waals surface area contributed by atoms with E-state index in [4.69, 9.17) is 0 Å². The summed E-state index contributed by atoms with van der Waals surface area (Å²) >= 11 is 0. The van der Waals surface area contributed by atoms with Gasteiger partial charge in [-0.05, 0) is 45.2 Å². The molecule has 1 aromatic carbocycles. The quantitative estimate of drug-likeness (QED) is 0.885. The monoisotopic (exact) mass is 276 g/mol. The van der Waals surface area contributed by atoms with Gasteiger partial charge >= 0.3 is 0 Å². The topological polar surface area (TPSA) is 15.3 Å². The van der Waals surface area contributed by atoms with E-state index >= 15 is 0 Å². The molecule has 1 saturated carbocycles. The van der Waals surface area contributed by atoms with Crippen LogP contribution in [0.1, 0.15) is 50.6 Å². The molecule has 2 fully saturated rings. The van der Waals surface area contributed by atoms with E-state index in [9.17, 15) is 4.39 Å². The second-order valence-electron chi connectivity index (χ2n) is 6.27. The minimum atomic E-state index is -0.0674. The number of rotatable bonds is 5. The summed E-state index contributed by atoms with van der Waals surface area (Å²) in [5.41, 5.74) is 0.843. The summed E-state index contributed by atoms with van der Waals surface area (Å²) < 4.78 is 14.0. The Morgan fingerprint density at radius 1 is 1.25 bits per heavy atom. The van der Waals surface area contributed by atoms with Gasteiger partial charge in [0.25, 0.3) is 0 Å². The van der Waals surface area contributed by atoms with Crippen molar-refractivity contribution in [2.75, 3.05) is 13.1 Å². The fourth-order valence-corrected chi connectivity index (χ4v) is 3.36. The van der Waals surface area contributed by atoms with Crippen molar-refractivity contribution in [3.05, 3.63) is 35.6 Å². The molecule has 0 aromatic heterocycles. The van der Waals surface area contributed by atoms with Crippen molar-refractivity contribution in [1.82, 2.24) is 10.2 Å². The molecular weight excluding hydrogens is 251 g/mol. The van der Waals surface area contributed by atoms with Crippen LogP contribution in [-0.4, -0.2) is 30.1 Å². The van der Waals surface area contributed by atoms with E-state index in [1.807, 2.05) is 12.1 Å². The molecular formula is C17H25FN2. The van der Waals surface area contributed by atoms with Gasteiger partial charge in [-0.15, -0.1) is 0 Å². The van der Waals surface area contributed by atoms with E-state index in [2.05, 4.69) is 17.1 Å². The van der Waals surface area contributed by atoms with Crippen LogP contribution in [-0.2, 0) is 0 Å². The van der Waals surface area contributed by atoms with Crippen molar-refractivity contribution < 1.29 is 4.39 Å². The first-order valence-corrected chi connectivity index (χ1v) is 7.99. The van der Waals surface area contributed by atoms with Crippen LogP contribution in [0.3, 0.4) is 0 Å². The number of benzene rings is 1. The van der Waals surface area contributed by atoms with Crippen LogP contribution in [0.15, 0.2) is 24.3 Å². The highest BCUT2D eigenvalue weighted by molar-refractivity contribution is 5.21.